The van der Waals surface area contributed by atoms with Crippen LogP contribution in [0.4, 0.5) is 0 Å². The summed E-state index contributed by atoms with van der Waals surface area (Å²) in [6, 6.07) is 6.16. The average Bonchev–Trinajstić information content (AvgIpc) is 2.37. The first kappa shape index (κ1) is 16.1. The Bertz CT molecular complexity index is 357. The zero-order chi connectivity index (χ0) is 14.0. The largest absolute Gasteiger partial charge is 0.366 e. The molecule has 0 fully saturated rings. The maximum absolute atomic E-state index is 10.7. The van der Waals surface area contributed by atoms with Crippen LogP contribution in [0, 0.1) is 0 Å². The molecule has 1 aromatic carbocycles. The Morgan fingerprint density at radius 2 is 1.56 bits per heavy atom. The van der Waals surface area contributed by atoms with Gasteiger partial charge in [0.2, 0.25) is 11.8 Å². The SMILES string of the molecule is CCNOCC.NC(=O)c1ccccc1C(N)=O. The molecule has 5 N–H and O–H groups in total. The van der Waals surface area contributed by atoms with Crippen molar-refractivity contribution in [2.24, 2.45) is 11.5 Å². The molecule has 2 amide bonds. The highest BCUT2D eigenvalue weighted by molar-refractivity contribution is 6.06. The zero-order valence-electron chi connectivity index (χ0n) is 10.6. The zero-order valence-corrected chi connectivity index (χ0v) is 10.6. The third-order valence-corrected chi connectivity index (χ3v) is 1.85. The van der Waals surface area contributed by atoms with Crippen molar-refractivity contribution in [3.8, 4) is 0 Å². The summed E-state index contributed by atoms with van der Waals surface area (Å²) in [7, 11) is 0. The first-order chi connectivity index (χ1) is 8.54. The number of hydrogen-bond acceptors (Lipinski definition) is 4. The molecule has 0 bridgehead atoms. The van der Waals surface area contributed by atoms with E-state index >= 15 is 0 Å². The number of nitrogens with two attached hydrogens (primary N) is 2. The van der Waals surface area contributed by atoms with Crippen LogP contribution in [0.5, 0.6) is 0 Å². The Hall–Kier alpha value is -1.92. The van der Waals surface area contributed by atoms with E-state index in [-0.39, 0.29) is 11.1 Å². The van der Waals surface area contributed by atoms with Gasteiger partial charge in [-0.05, 0) is 19.1 Å². The Balaban J connectivity index is 0.000000411. The van der Waals surface area contributed by atoms with E-state index in [2.05, 4.69) is 5.48 Å². The van der Waals surface area contributed by atoms with Gasteiger partial charge in [0, 0.05) is 6.54 Å². The fraction of sp³-hybridized carbons (Fsp3) is 0.333. The van der Waals surface area contributed by atoms with Crippen molar-refractivity contribution in [3.63, 3.8) is 0 Å². The fourth-order valence-corrected chi connectivity index (χ4v) is 1.12. The number of nitrogens with one attached hydrogen (secondary N) is 1. The second kappa shape index (κ2) is 9.15. The van der Waals surface area contributed by atoms with Crippen LogP contribution >= 0.6 is 0 Å². The minimum absolute atomic E-state index is 0.157. The van der Waals surface area contributed by atoms with Crippen LogP contribution in [0.1, 0.15) is 34.6 Å². The number of carbonyl (C=O) groups is 2. The monoisotopic (exact) mass is 253 g/mol. The number of carbonyl (C=O) groups excluding carboxylic acids is 2. The summed E-state index contributed by atoms with van der Waals surface area (Å²) in [6.45, 7) is 5.57. The summed E-state index contributed by atoms with van der Waals surface area (Å²) in [5, 5.41) is 0. The predicted octanol–water partition coefficient (Wildman–Crippen LogP) is 0.432. The molecule has 0 aliphatic carbocycles. The molecule has 1 rings (SSSR count). The van der Waals surface area contributed by atoms with Crippen molar-refractivity contribution in [2.75, 3.05) is 13.2 Å². The summed E-state index contributed by atoms with van der Waals surface area (Å²) >= 11 is 0. The lowest BCUT2D eigenvalue weighted by atomic mass is 10.1. The Morgan fingerprint density at radius 3 is 1.78 bits per heavy atom. The molecule has 1 aromatic rings. The smallest absolute Gasteiger partial charge is 0.249 e. The molecule has 0 atom stereocenters. The molecule has 0 heterocycles. The lowest BCUT2D eigenvalue weighted by molar-refractivity contribution is 0.0547. The Kier molecular flexibility index (Phi) is 8.17. The van der Waals surface area contributed by atoms with Crippen LogP contribution in [-0.2, 0) is 4.84 Å². The summed E-state index contributed by atoms with van der Waals surface area (Å²) in [4.78, 5) is 26.2. The van der Waals surface area contributed by atoms with Crippen molar-refractivity contribution in [1.82, 2.24) is 5.48 Å². The molecule has 18 heavy (non-hydrogen) atoms. The van der Waals surface area contributed by atoms with E-state index < -0.39 is 11.8 Å². The predicted molar refractivity (Wildman–Crippen MR) is 68.8 cm³/mol. The van der Waals surface area contributed by atoms with Crippen molar-refractivity contribution in [1.29, 1.82) is 0 Å². The summed E-state index contributed by atoms with van der Waals surface area (Å²) < 4.78 is 0. The van der Waals surface area contributed by atoms with Gasteiger partial charge in [-0.3, -0.25) is 9.59 Å². The van der Waals surface area contributed by atoms with Crippen LogP contribution in [0.2, 0.25) is 0 Å². The summed E-state index contributed by atoms with van der Waals surface area (Å²) in [5.41, 5.74) is 13.0. The van der Waals surface area contributed by atoms with E-state index in [0.29, 0.717) is 0 Å². The van der Waals surface area contributed by atoms with Crippen molar-refractivity contribution in [3.05, 3.63) is 35.4 Å². The second-order valence-corrected chi connectivity index (χ2v) is 3.20. The van der Waals surface area contributed by atoms with Gasteiger partial charge in [-0.25, -0.2) is 5.48 Å². The molecule has 6 heteroatoms. The van der Waals surface area contributed by atoms with Gasteiger partial charge in [0.25, 0.3) is 0 Å². The molecule has 0 aliphatic heterocycles. The van der Waals surface area contributed by atoms with Gasteiger partial charge in [0.15, 0.2) is 0 Å². The minimum Gasteiger partial charge on any atom is -0.366 e. The van der Waals surface area contributed by atoms with E-state index in [1.165, 1.54) is 12.1 Å². The highest BCUT2D eigenvalue weighted by Gasteiger charge is 2.10. The van der Waals surface area contributed by atoms with E-state index in [0.717, 1.165) is 13.2 Å². The van der Waals surface area contributed by atoms with Gasteiger partial charge >= 0.3 is 0 Å². The molecule has 0 unspecified atom stereocenters. The van der Waals surface area contributed by atoms with Crippen LogP contribution in [0.3, 0.4) is 0 Å². The van der Waals surface area contributed by atoms with Crippen LogP contribution in [-0.4, -0.2) is 25.0 Å². The van der Waals surface area contributed by atoms with Crippen molar-refractivity contribution >= 4 is 11.8 Å². The molecular weight excluding hydrogens is 234 g/mol. The maximum atomic E-state index is 10.7. The number of hydroxylamine groups is 1. The summed E-state index contributed by atoms with van der Waals surface area (Å²) in [5.74, 6) is -1.30. The molecule has 6 nitrogen and oxygen atoms in total. The van der Waals surface area contributed by atoms with Gasteiger partial charge in [0.05, 0.1) is 17.7 Å². The van der Waals surface area contributed by atoms with E-state index in [4.69, 9.17) is 16.3 Å². The van der Waals surface area contributed by atoms with E-state index in [1.54, 1.807) is 12.1 Å². The number of amides is 2. The first-order valence-corrected chi connectivity index (χ1v) is 5.57. The standard InChI is InChI=1S/C8H8N2O2.C4H11NO/c9-7(11)5-3-1-2-4-6(5)8(10)12;1-3-5-6-4-2/h1-4H,(H2,9,11)(H2,10,12);5H,3-4H2,1-2H3. The van der Waals surface area contributed by atoms with Crippen molar-refractivity contribution in [2.45, 2.75) is 13.8 Å². The van der Waals surface area contributed by atoms with E-state index in [1.807, 2.05) is 13.8 Å². The van der Waals surface area contributed by atoms with Gasteiger partial charge in [-0.2, -0.15) is 0 Å². The molecule has 0 radical (unpaired) electrons. The highest BCUT2D eigenvalue weighted by atomic mass is 16.6. The number of rotatable bonds is 5. The summed E-state index contributed by atoms with van der Waals surface area (Å²) in [6.07, 6.45) is 0. The quantitative estimate of drug-likeness (QED) is 0.522. The topological polar surface area (TPSA) is 107 Å². The molecule has 0 saturated carbocycles. The molecule has 0 saturated heterocycles. The number of hydrogen-bond donors (Lipinski definition) is 3. The first-order valence-electron chi connectivity index (χ1n) is 5.57. The highest BCUT2D eigenvalue weighted by Crippen LogP contribution is 2.06. The Morgan fingerprint density at radius 1 is 1.11 bits per heavy atom. The normalized spacial score (nSPS) is 9.22. The van der Waals surface area contributed by atoms with Gasteiger partial charge in [-0.1, -0.05) is 19.1 Å². The Labute approximate surface area is 106 Å². The molecule has 0 spiro atoms. The van der Waals surface area contributed by atoms with Crippen LogP contribution < -0.4 is 16.9 Å². The van der Waals surface area contributed by atoms with Crippen LogP contribution in [0.25, 0.3) is 0 Å². The van der Waals surface area contributed by atoms with Crippen molar-refractivity contribution < 1.29 is 14.4 Å². The number of primary amides is 2. The second-order valence-electron chi connectivity index (χ2n) is 3.20. The van der Waals surface area contributed by atoms with Gasteiger partial charge in [0.1, 0.15) is 0 Å². The van der Waals surface area contributed by atoms with Gasteiger partial charge < -0.3 is 16.3 Å². The third kappa shape index (κ3) is 5.97. The third-order valence-electron chi connectivity index (χ3n) is 1.85. The molecule has 0 aliphatic rings. The van der Waals surface area contributed by atoms with Gasteiger partial charge in [-0.15, -0.1) is 0 Å². The lowest BCUT2D eigenvalue weighted by Gasteiger charge is -2.00. The lowest BCUT2D eigenvalue weighted by Crippen LogP contribution is -2.20. The van der Waals surface area contributed by atoms with E-state index in [9.17, 15) is 9.59 Å². The number of benzene rings is 1. The maximum Gasteiger partial charge on any atom is 0.249 e. The molecule has 100 valence electrons. The minimum atomic E-state index is -0.649. The molecule has 0 aromatic heterocycles. The van der Waals surface area contributed by atoms with Crippen LogP contribution in [0.15, 0.2) is 24.3 Å². The molecular formula is C12H19N3O3. The average molecular weight is 253 g/mol. The fourth-order valence-electron chi connectivity index (χ4n) is 1.12.